The molecule has 0 fully saturated rings. The Labute approximate surface area is 145 Å². The molecule has 0 aliphatic carbocycles. The molecule has 0 bridgehead atoms. The second kappa shape index (κ2) is 6.54. The molecule has 0 saturated carbocycles. The number of ether oxygens (including phenoxy) is 3. The fourth-order valence-electron chi connectivity index (χ4n) is 2.11. The largest absolute Gasteiger partial charge is 0.457 e. The number of carbonyl (C=O) groups is 1. The van der Waals surface area contributed by atoms with E-state index in [0.29, 0.717) is 22.1 Å². The van der Waals surface area contributed by atoms with Crippen LogP contribution in [-0.2, 0) is 11.3 Å². The van der Waals surface area contributed by atoms with Crippen LogP contribution in [-0.4, -0.2) is 17.7 Å². The first kappa shape index (κ1) is 16.4. The minimum atomic E-state index is -0.780. The Kier molecular flexibility index (Phi) is 4.46. The molecule has 124 valence electrons. The molecular weight excluding hydrogens is 361 g/mol. The fourth-order valence-corrected chi connectivity index (χ4v) is 2.60. The summed E-state index contributed by atoms with van der Waals surface area (Å²) >= 11 is 11.9. The van der Waals surface area contributed by atoms with Crippen LogP contribution in [0.3, 0.4) is 0 Å². The Bertz CT molecular complexity index is 839. The summed E-state index contributed by atoms with van der Waals surface area (Å²) in [6.45, 7) is -0.0319. The van der Waals surface area contributed by atoms with Crippen molar-refractivity contribution in [2.45, 2.75) is 6.61 Å². The molecule has 0 saturated heterocycles. The van der Waals surface area contributed by atoms with Gasteiger partial charge in [-0.05, 0) is 23.8 Å². The van der Waals surface area contributed by atoms with Crippen LogP contribution in [0.1, 0.15) is 15.9 Å². The SMILES string of the molecule is O=C(OCc1cc(Cl)c2c(c1)OCO2)c1cc([N+](=O)[O-])ccc1Cl. The van der Waals surface area contributed by atoms with E-state index >= 15 is 0 Å². The number of non-ortho nitro benzene ring substituents is 1. The third-order valence-corrected chi connectivity index (χ3v) is 3.85. The summed E-state index contributed by atoms with van der Waals surface area (Å²) in [4.78, 5) is 22.3. The van der Waals surface area contributed by atoms with Gasteiger partial charge in [0.25, 0.3) is 5.69 Å². The standard InChI is InChI=1S/C15H9Cl2NO6/c16-11-2-1-9(18(20)21)5-10(11)15(19)22-6-8-3-12(17)14-13(4-8)23-7-24-14/h1-5H,6-7H2. The maximum Gasteiger partial charge on any atom is 0.340 e. The Morgan fingerprint density at radius 3 is 2.75 bits per heavy atom. The van der Waals surface area contributed by atoms with Crippen molar-refractivity contribution in [3.63, 3.8) is 0 Å². The van der Waals surface area contributed by atoms with Crippen LogP contribution >= 0.6 is 23.2 Å². The second-order valence-corrected chi connectivity index (χ2v) is 5.62. The van der Waals surface area contributed by atoms with Gasteiger partial charge in [-0.3, -0.25) is 10.1 Å². The molecule has 0 aromatic heterocycles. The molecule has 0 unspecified atom stereocenters. The normalized spacial score (nSPS) is 12.1. The molecule has 0 N–H and O–H groups in total. The van der Waals surface area contributed by atoms with Gasteiger partial charge < -0.3 is 14.2 Å². The number of nitrogens with zero attached hydrogens (tertiary/aromatic N) is 1. The van der Waals surface area contributed by atoms with Gasteiger partial charge in [0.1, 0.15) is 6.61 Å². The van der Waals surface area contributed by atoms with E-state index in [2.05, 4.69) is 0 Å². The predicted octanol–water partition coefficient (Wildman–Crippen LogP) is 3.99. The molecule has 2 aromatic carbocycles. The van der Waals surface area contributed by atoms with Crippen molar-refractivity contribution in [2.24, 2.45) is 0 Å². The molecule has 24 heavy (non-hydrogen) atoms. The Morgan fingerprint density at radius 2 is 2.00 bits per heavy atom. The van der Waals surface area contributed by atoms with E-state index in [1.807, 2.05) is 0 Å². The highest BCUT2D eigenvalue weighted by Crippen LogP contribution is 2.40. The number of halogens is 2. The lowest BCUT2D eigenvalue weighted by molar-refractivity contribution is -0.384. The van der Waals surface area contributed by atoms with E-state index in [-0.39, 0.29) is 29.7 Å². The fraction of sp³-hybridized carbons (Fsp3) is 0.133. The Morgan fingerprint density at radius 1 is 1.21 bits per heavy atom. The number of rotatable bonds is 4. The Balaban J connectivity index is 1.76. The van der Waals surface area contributed by atoms with Gasteiger partial charge in [0.05, 0.1) is 20.5 Å². The van der Waals surface area contributed by atoms with Crippen LogP contribution in [0.25, 0.3) is 0 Å². The van der Waals surface area contributed by atoms with E-state index in [4.69, 9.17) is 37.4 Å². The van der Waals surface area contributed by atoms with Crippen LogP contribution in [0.2, 0.25) is 10.0 Å². The van der Waals surface area contributed by atoms with Gasteiger partial charge in [0, 0.05) is 12.1 Å². The summed E-state index contributed by atoms with van der Waals surface area (Å²) < 4.78 is 15.6. The van der Waals surface area contributed by atoms with Gasteiger partial charge in [-0.1, -0.05) is 23.2 Å². The highest BCUT2D eigenvalue weighted by atomic mass is 35.5. The summed E-state index contributed by atoms with van der Waals surface area (Å²) in [7, 11) is 0. The van der Waals surface area contributed by atoms with Crippen molar-refractivity contribution < 1.29 is 23.9 Å². The van der Waals surface area contributed by atoms with E-state index in [0.717, 1.165) is 6.07 Å². The predicted molar refractivity (Wildman–Crippen MR) is 84.8 cm³/mol. The Hall–Kier alpha value is -2.51. The van der Waals surface area contributed by atoms with Crippen molar-refractivity contribution in [3.05, 3.63) is 61.6 Å². The molecule has 0 amide bonds. The van der Waals surface area contributed by atoms with Gasteiger partial charge in [-0.15, -0.1) is 0 Å². The third kappa shape index (κ3) is 3.22. The van der Waals surface area contributed by atoms with Crippen molar-refractivity contribution >= 4 is 34.9 Å². The number of benzene rings is 2. The first-order chi connectivity index (χ1) is 11.5. The zero-order chi connectivity index (χ0) is 17.3. The van der Waals surface area contributed by atoms with E-state index in [1.54, 1.807) is 12.1 Å². The highest BCUT2D eigenvalue weighted by molar-refractivity contribution is 6.33. The lowest BCUT2D eigenvalue weighted by atomic mass is 10.2. The van der Waals surface area contributed by atoms with Gasteiger partial charge in [-0.2, -0.15) is 0 Å². The van der Waals surface area contributed by atoms with Crippen LogP contribution < -0.4 is 9.47 Å². The molecule has 0 radical (unpaired) electrons. The van der Waals surface area contributed by atoms with Gasteiger partial charge >= 0.3 is 5.97 Å². The number of hydrogen-bond acceptors (Lipinski definition) is 6. The third-order valence-electron chi connectivity index (χ3n) is 3.24. The lowest BCUT2D eigenvalue weighted by Gasteiger charge is -2.08. The average molecular weight is 370 g/mol. The summed E-state index contributed by atoms with van der Waals surface area (Å²) in [5.74, 6) is 0.118. The maximum atomic E-state index is 12.1. The summed E-state index contributed by atoms with van der Waals surface area (Å²) in [6.07, 6.45) is 0. The topological polar surface area (TPSA) is 87.9 Å². The molecule has 0 spiro atoms. The molecular formula is C15H9Cl2NO6. The van der Waals surface area contributed by atoms with E-state index < -0.39 is 10.9 Å². The molecule has 0 atom stereocenters. The van der Waals surface area contributed by atoms with E-state index in [9.17, 15) is 14.9 Å². The van der Waals surface area contributed by atoms with Crippen molar-refractivity contribution in [1.29, 1.82) is 0 Å². The molecule has 2 aromatic rings. The quantitative estimate of drug-likeness (QED) is 0.460. The maximum absolute atomic E-state index is 12.1. The molecule has 9 heteroatoms. The first-order valence-electron chi connectivity index (χ1n) is 6.65. The number of nitro groups is 1. The zero-order valence-electron chi connectivity index (χ0n) is 12.0. The molecule has 1 heterocycles. The minimum Gasteiger partial charge on any atom is -0.457 e. The summed E-state index contributed by atoms with van der Waals surface area (Å²) in [5.41, 5.74) is 0.245. The van der Waals surface area contributed by atoms with Crippen molar-refractivity contribution in [2.75, 3.05) is 6.79 Å². The number of fused-ring (bicyclic) bond motifs is 1. The van der Waals surface area contributed by atoms with Crippen LogP contribution in [0, 0.1) is 10.1 Å². The average Bonchev–Trinajstić information content (AvgIpc) is 3.02. The van der Waals surface area contributed by atoms with Crippen LogP contribution in [0.5, 0.6) is 11.5 Å². The lowest BCUT2D eigenvalue weighted by Crippen LogP contribution is -2.06. The molecule has 1 aliphatic rings. The van der Waals surface area contributed by atoms with Gasteiger partial charge in [0.15, 0.2) is 11.5 Å². The monoisotopic (exact) mass is 369 g/mol. The van der Waals surface area contributed by atoms with Crippen LogP contribution in [0.4, 0.5) is 5.69 Å². The second-order valence-electron chi connectivity index (χ2n) is 4.81. The smallest absolute Gasteiger partial charge is 0.340 e. The summed E-state index contributed by atoms with van der Waals surface area (Å²) in [5, 5.41) is 11.2. The zero-order valence-corrected chi connectivity index (χ0v) is 13.5. The summed E-state index contributed by atoms with van der Waals surface area (Å²) in [6, 6.07) is 6.76. The molecule has 1 aliphatic heterocycles. The number of hydrogen-bond donors (Lipinski definition) is 0. The van der Waals surface area contributed by atoms with E-state index in [1.165, 1.54) is 12.1 Å². The van der Waals surface area contributed by atoms with Gasteiger partial charge in [0.2, 0.25) is 6.79 Å². The molecule has 7 nitrogen and oxygen atoms in total. The highest BCUT2D eigenvalue weighted by Gasteiger charge is 2.20. The van der Waals surface area contributed by atoms with Crippen molar-refractivity contribution in [3.8, 4) is 11.5 Å². The number of nitro benzene ring substituents is 1. The van der Waals surface area contributed by atoms with Crippen molar-refractivity contribution in [1.82, 2.24) is 0 Å². The van der Waals surface area contributed by atoms with Crippen LogP contribution in [0.15, 0.2) is 30.3 Å². The number of carbonyl (C=O) groups excluding carboxylic acids is 1. The van der Waals surface area contributed by atoms with Gasteiger partial charge in [-0.25, -0.2) is 4.79 Å². The first-order valence-corrected chi connectivity index (χ1v) is 7.40. The number of esters is 1. The minimum absolute atomic E-state index is 0.0642. The molecule has 3 rings (SSSR count).